The van der Waals surface area contributed by atoms with Gasteiger partial charge in [-0.1, -0.05) is 30.3 Å². The summed E-state index contributed by atoms with van der Waals surface area (Å²) in [5.74, 6) is 0. The Morgan fingerprint density at radius 3 is 2.95 bits per heavy atom. The van der Waals surface area contributed by atoms with Crippen LogP contribution in [0.15, 0.2) is 41.8 Å². The monoisotopic (exact) mass is 287 g/mol. The third kappa shape index (κ3) is 3.29. The molecule has 20 heavy (non-hydrogen) atoms. The second-order valence-corrected chi connectivity index (χ2v) is 6.50. The summed E-state index contributed by atoms with van der Waals surface area (Å²) in [5.41, 5.74) is 2.65. The maximum absolute atomic E-state index is 10.2. The highest BCUT2D eigenvalue weighted by Gasteiger charge is 2.21. The Morgan fingerprint density at radius 2 is 2.10 bits per heavy atom. The number of fused-ring (bicyclic) bond motifs is 1. The predicted molar refractivity (Wildman–Crippen MR) is 84.2 cm³/mol. The first kappa shape index (κ1) is 13.8. The molecule has 1 aliphatic carbocycles. The van der Waals surface area contributed by atoms with Gasteiger partial charge in [-0.3, -0.25) is 0 Å². The lowest BCUT2D eigenvalue weighted by molar-refractivity contribution is 0.165. The highest BCUT2D eigenvalue weighted by Crippen LogP contribution is 2.33. The van der Waals surface area contributed by atoms with Crippen molar-refractivity contribution in [3.05, 3.63) is 57.8 Å². The molecule has 0 fully saturated rings. The van der Waals surface area contributed by atoms with Crippen molar-refractivity contribution in [1.82, 2.24) is 5.32 Å². The molecule has 2 N–H and O–H groups in total. The van der Waals surface area contributed by atoms with Crippen molar-refractivity contribution in [2.45, 2.75) is 37.8 Å². The minimum atomic E-state index is -0.318. The summed E-state index contributed by atoms with van der Waals surface area (Å²) in [7, 11) is 0. The van der Waals surface area contributed by atoms with E-state index >= 15 is 0 Å². The molecule has 3 heteroatoms. The summed E-state index contributed by atoms with van der Waals surface area (Å²) < 4.78 is 0. The second-order valence-electron chi connectivity index (χ2n) is 5.50. The number of aliphatic hydroxyl groups excluding tert-OH is 1. The van der Waals surface area contributed by atoms with Crippen molar-refractivity contribution in [2.75, 3.05) is 6.54 Å². The minimum Gasteiger partial charge on any atom is -0.391 e. The van der Waals surface area contributed by atoms with Gasteiger partial charge in [0, 0.05) is 17.5 Å². The fourth-order valence-corrected chi connectivity index (χ4v) is 3.92. The number of aryl methyl sites for hydroxylation is 1. The zero-order valence-electron chi connectivity index (χ0n) is 11.6. The SMILES string of the molecule is OC(CNC1CCCc2sccc21)Cc1ccccc1. The third-order valence-corrected chi connectivity index (χ3v) is 4.96. The third-order valence-electron chi connectivity index (χ3n) is 3.97. The van der Waals surface area contributed by atoms with Crippen LogP contribution in [0, 0.1) is 0 Å². The molecule has 0 saturated heterocycles. The van der Waals surface area contributed by atoms with Crippen LogP contribution in [0.25, 0.3) is 0 Å². The molecule has 1 aromatic heterocycles. The molecular weight excluding hydrogens is 266 g/mol. The molecule has 2 aromatic rings. The van der Waals surface area contributed by atoms with Gasteiger partial charge in [0.1, 0.15) is 0 Å². The lowest BCUT2D eigenvalue weighted by Gasteiger charge is -2.25. The molecule has 3 rings (SSSR count). The van der Waals surface area contributed by atoms with Gasteiger partial charge in [-0.2, -0.15) is 0 Å². The van der Waals surface area contributed by atoms with E-state index in [2.05, 4.69) is 28.9 Å². The van der Waals surface area contributed by atoms with Gasteiger partial charge in [-0.25, -0.2) is 0 Å². The van der Waals surface area contributed by atoms with Crippen molar-refractivity contribution in [2.24, 2.45) is 0 Å². The summed E-state index contributed by atoms with van der Waals surface area (Å²) in [4.78, 5) is 1.52. The van der Waals surface area contributed by atoms with E-state index in [1.807, 2.05) is 29.5 Å². The normalized spacial score (nSPS) is 19.6. The van der Waals surface area contributed by atoms with Gasteiger partial charge in [-0.05, 0) is 48.3 Å². The zero-order chi connectivity index (χ0) is 13.8. The Morgan fingerprint density at radius 1 is 1.25 bits per heavy atom. The molecule has 0 saturated carbocycles. The molecule has 0 aliphatic heterocycles. The molecule has 0 bridgehead atoms. The number of hydrogen-bond donors (Lipinski definition) is 2. The Bertz CT molecular complexity index is 537. The largest absolute Gasteiger partial charge is 0.391 e. The van der Waals surface area contributed by atoms with Crippen LogP contribution in [0.3, 0.4) is 0 Å². The van der Waals surface area contributed by atoms with E-state index in [9.17, 15) is 5.11 Å². The van der Waals surface area contributed by atoms with Gasteiger partial charge >= 0.3 is 0 Å². The van der Waals surface area contributed by atoms with Crippen LogP contribution in [0.5, 0.6) is 0 Å². The standard InChI is InChI=1S/C17H21NOS/c19-14(11-13-5-2-1-3-6-13)12-18-16-7-4-8-17-15(16)9-10-20-17/h1-3,5-6,9-10,14,16,18-19H,4,7-8,11-12H2. The van der Waals surface area contributed by atoms with Gasteiger partial charge in [0.25, 0.3) is 0 Å². The fourth-order valence-electron chi connectivity index (χ4n) is 2.94. The molecule has 2 unspecified atom stereocenters. The maximum Gasteiger partial charge on any atom is 0.0705 e. The van der Waals surface area contributed by atoms with E-state index in [0.717, 1.165) is 6.42 Å². The molecule has 0 spiro atoms. The fraction of sp³-hybridized carbons (Fsp3) is 0.412. The first-order valence-corrected chi connectivity index (χ1v) is 8.22. The Balaban J connectivity index is 1.53. The Kier molecular flexibility index (Phi) is 4.51. The van der Waals surface area contributed by atoms with Crippen molar-refractivity contribution < 1.29 is 5.11 Å². The van der Waals surface area contributed by atoms with Crippen LogP contribution in [0.4, 0.5) is 0 Å². The first-order valence-electron chi connectivity index (χ1n) is 7.34. The number of nitrogens with one attached hydrogen (secondary N) is 1. The quantitative estimate of drug-likeness (QED) is 0.884. The Hall–Kier alpha value is -1.16. The summed E-state index contributed by atoms with van der Waals surface area (Å²) in [6, 6.07) is 12.9. The number of rotatable bonds is 5. The summed E-state index contributed by atoms with van der Waals surface area (Å²) in [6.07, 6.45) is 4.05. The topological polar surface area (TPSA) is 32.3 Å². The lowest BCUT2D eigenvalue weighted by atomic mass is 9.94. The van der Waals surface area contributed by atoms with Crippen molar-refractivity contribution in [1.29, 1.82) is 0 Å². The molecule has 1 aliphatic rings. The molecule has 0 radical (unpaired) electrons. The molecule has 2 nitrogen and oxygen atoms in total. The van der Waals surface area contributed by atoms with E-state index in [-0.39, 0.29) is 6.10 Å². The zero-order valence-corrected chi connectivity index (χ0v) is 12.4. The average molecular weight is 287 g/mol. The lowest BCUT2D eigenvalue weighted by Crippen LogP contribution is -2.32. The summed E-state index contributed by atoms with van der Waals surface area (Å²) in [5, 5.41) is 15.9. The van der Waals surface area contributed by atoms with E-state index in [0.29, 0.717) is 12.6 Å². The van der Waals surface area contributed by atoms with Crippen LogP contribution in [0.1, 0.15) is 34.9 Å². The average Bonchev–Trinajstić information content (AvgIpc) is 2.95. The summed E-state index contributed by atoms with van der Waals surface area (Å²) in [6.45, 7) is 0.662. The molecular formula is C17H21NOS. The smallest absolute Gasteiger partial charge is 0.0705 e. The predicted octanol–water partition coefficient (Wildman–Crippen LogP) is 3.32. The van der Waals surface area contributed by atoms with Crippen LogP contribution >= 0.6 is 11.3 Å². The van der Waals surface area contributed by atoms with Gasteiger partial charge in [0.05, 0.1) is 6.10 Å². The number of aliphatic hydroxyl groups is 1. The van der Waals surface area contributed by atoms with E-state index in [1.165, 1.54) is 35.3 Å². The van der Waals surface area contributed by atoms with Crippen LogP contribution in [0.2, 0.25) is 0 Å². The molecule has 1 aromatic carbocycles. The van der Waals surface area contributed by atoms with Gasteiger partial charge in [0.15, 0.2) is 0 Å². The van der Waals surface area contributed by atoms with Gasteiger partial charge < -0.3 is 10.4 Å². The number of benzene rings is 1. The first-order chi connectivity index (χ1) is 9.83. The second kappa shape index (κ2) is 6.53. The maximum atomic E-state index is 10.2. The van der Waals surface area contributed by atoms with Gasteiger partial charge in [0.2, 0.25) is 0 Å². The molecule has 1 heterocycles. The summed E-state index contributed by atoms with van der Waals surface area (Å²) >= 11 is 1.86. The highest BCUT2D eigenvalue weighted by molar-refractivity contribution is 7.10. The minimum absolute atomic E-state index is 0.318. The number of hydrogen-bond acceptors (Lipinski definition) is 3. The van der Waals surface area contributed by atoms with Crippen molar-refractivity contribution in [3.8, 4) is 0 Å². The van der Waals surface area contributed by atoms with E-state index in [4.69, 9.17) is 0 Å². The highest BCUT2D eigenvalue weighted by atomic mass is 32.1. The van der Waals surface area contributed by atoms with Crippen LogP contribution in [-0.4, -0.2) is 17.8 Å². The van der Waals surface area contributed by atoms with Crippen LogP contribution < -0.4 is 5.32 Å². The molecule has 0 amide bonds. The van der Waals surface area contributed by atoms with E-state index in [1.54, 1.807) is 0 Å². The van der Waals surface area contributed by atoms with Crippen molar-refractivity contribution >= 4 is 11.3 Å². The van der Waals surface area contributed by atoms with Crippen LogP contribution in [-0.2, 0) is 12.8 Å². The van der Waals surface area contributed by atoms with Gasteiger partial charge in [-0.15, -0.1) is 11.3 Å². The molecule has 106 valence electrons. The number of thiophene rings is 1. The van der Waals surface area contributed by atoms with Crippen molar-refractivity contribution in [3.63, 3.8) is 0 Å². The van der Waals surface area contributed by atoms with E-state index < -0.39 is 0 Å². The Labute approximate surface area is 124 Å². The molecule has 2 atom stereocenters.